The molecule has 202 valence electrons. The molecule has 2 heterocycles. The Bertz CT molecular complexity index is 1190. The standard InChI is InChI=1S/C29H33NO8/c31-23-12-7-6-11-20(23)24-16-22-26-21(27(34)30(28(26)35)14-8-2-5-13-25(32)33)15-18(29(22,36)38-24)17-37-19-9-3-1-4-10-19/h1,3-4,6-7,9-12,18,21-22,24,26,31,36H,2,5,8,13-17H2,(H,32,33)/t18-,21+,22+,24+,26+,29-/m1/s1. The smallest absolute Gasteiger partial charge is 0.303 e. The van der Waals surface area contributed by atoms with Gasteiger partial charge < -0.3 is 24.8 Å². The molecule has 3 fully saturated rings. The first-order valence-corrected chi connectivity index (χ1v) is 13.2. The number of aromatic hydroxyl groups is 1. The van der Waals surface area contributed by atoms with Crippen LogP contribution < -0.4 is 4.74 Å². The van der Waals surface area contributed by atoms with E-state index in [4.69, 9.17) is 14.6 Å². The number of carbonyl (C=O) groups is 3. The van der Waals surface area contributed by atoms with E-state index in [2.05, 4.69) is 0 Å². The quantitative estimate of drug-likeness (QED) is 0.318. The second kappa shape index (κ2) is 10.7. The highest BCUT2D eigenvalue weighted by molar-refractivity contribution is 6.05. The van der Waals surface area contributed by atoms with Crippen LogP contribution in [-0.2, 0) is 19.1 Å². The zero-order chi connectivity index (χ0) is 26.9. The lowest BCUT2D eigenvalue weighted by molar-refractivity contribution is -0.272. The zero-order valence-corrected chi connectivity index (χ0v) is 21.1. The minimum atomic E-state index is -1.71. The maximum Gasteiger partial charge on any atom is 0.303 e. The fourth-order valence-electron chi connectivity index (χ4n) is 6.35. The number of phenols is 1. The summed E-state index contributed by atoms with van der Waals surface area (Å²) in [6, 6.07) is 16.0. The van der Waals surface area contributed by atoms with Gasteiger partial charge in [0.25, 0.3) is 0 Å². The normalized spacial score (nSPS) is 30.2. The van der Waals surface area contributed by atoms with Crippen LogP contribution >= 0.6 is 0 Å². The molecule has 6 atom stereocenters. The number of para-hydroxylation sites is 2. The van der Waals surface area contributed by atoms with Crippen molar-refractivity contribution in [3.63, 3.8) is 0 Å². The lowest BCUT2D eigenvalue weighted by atomic mass is 9.64. The summed E-state index contributed by atoms with van der Waals surface area (Å²) >= 11 is 0. The molecular formula is C29H33NO8. The second-order valence-electron chi connectivity index (χ2n) is 10.5. The Morgan fingerprint density at radius 2 is 1.74 bits per heavy atom. The summed E-state index contributed by atoms with van der Waals surface area (Å²) in [5.41, 5.74) is 0.529. The molecule has 2 aromatic carbocycles. The van der Waals surface area contributed by atoms with E-state index in [0.717, 1.165) is 0 Å². The van der Waals surface area contributed by atoms with E-state index in [9.17, 15) is 24.6 Å². The van der Waals surface area contributed by atoms with E-state index in [1.54, 1.807) is 24.3 Å². The van der Waals surface area contributed by atoms with Crippen molar-refractivity contribution < 1.29 is 39.2 Å². The van der Waals surface area contributed by atoms with Gasteiger partial charge in [0.05, 0.1) is 24.5 Å². The van der Waals surface area contributed by atoms with Gasteiger partial charge in [-0.05, 0) is 43.9 Å². The summed E-state index contributed by atoms with van der Waals surface area (Å²) in [5, 5.41) is 31.3. The fraction of sp³-hybridized carbons (Fsp3) is 0.483. The molecule has 2 amide bonds. The van der Waals surface area contributed by atoms with E-state index < -0.39 is 41.5 Å². The minimum absolute atomic E-state index is 0.0465. The van der Waals surface area contributed by atoms with Crippen LogP contribution in [0.4, 0.5) is 0 Å². The van der Waals surface area contributed by atoms with Gasteiger partial charge in [-0.25, -0.2) is 0 Å². The topological polar surface area (TPSA) is 134 Å². The Kier molecular flexibility index (Phi) is 7.40. The van der Waals surface area contributed by atoms with Crippen molar-refractivity contribution >= 4 is 17.8 Å². The van der Waals surface area contributed by atoms with Gasteiger partial charge in [-0.2, -0.15) is 0 Å². The second-order valence-corrected chi connectivity index (χ2v) is 10.5. The molecule has 9 nitrogen and oxygen atoms in total. The molecule has 3 aliphatic rings. The van der Waals surface area contributed by atoms with Crippen LogP contribution in [0, 0.1) is 23.7 Å². The Morgan fingerprint density at radius 3 is 2.47 bits per heavy atom. The number of rotatable bonds is 10. The number of carbonyl (C=O) groups excluding carboxylic acids is 2. The third kappa shape index (κ3) is 4.88. The van der Waals surface area contributed by atoms with Crippen molar-refractivity contribution in [3.8, 4) is 11.5 Å². The van der Waals surface area contributed by atoms with Gasteiger partial charge in [-0.1, -0.05) is 42.8 Å². The highest BCUT2D eigenvalue weighted by Gasteiger charge is 2.66. The van der Waals surface area contributed by atoms with E-state index in [0.29, 0.717) is 30.6 Å². The summed E-state index contributed by atoms with van der Waals surface area (Å²) in [5.74, 6) is -5.02. The third-order valence-electron chi connectivity index (χ3n) is 8.21. The number of fused-ring (bicyclic) bond motifs is 3. The van der Waals surface area contributed by atoms with Crippen molar-refractivity contribution in [1.29, 1.82) is 0 Å². The Hall–Kier alpha value is -3.43. The summed E-state index contributed by atoms with van der Waals surface area (Å²) < 4.78 is 12.2. The summed E-state index contributed by atoms with van der Waals surface area (Å²) in [6.45, 7) is 0.328. The van der Waals surface area contributed by atoms with Crippen LogP contribution in [0.25, 0.3) is 0 Å². The largest absolute Gasteiger partial charge is 0.508 e. The average molecular weight is 524 g/mol. The molecule has 9 heteroatoms. The first-order valence-electron chi connectivity index (χ1n) is 13.2. The minimum Gasteiger partial charge on any atom is -0.508 e. The predicted molar refractivity (Wildman–Crippen MR) is 135 cm³/mol. The van der Waals surface area contributed by atoms with Gasteiger partial charge in [0.1, 0.15) is 11.5 Å². The maximum absolute atomic E-state index is 13.6. The molecule has 0 aromatic heterocycles. The van der Waals surface area contributed by atoms with Crippen LogP contribution in [-0.4, -0.2) is 56.9 Å². The monoisotopic (exact) mass is 523 g/mol. The Balaban J connectivity index is 1.38. The number of hydrogen-bond donors (Lipinski definition) is 3. The van der Waals surface area contributed by atoms with E-state index in [1.165, 1.54) is 4.90 Å². The van der Waals surface area contributed by atoms with Crippen molar-refractivity contribution in [2.24, 2.45) is 23.7 Å². The number of carboxylic acid groups (broad SMARTS) is 1. The maximum atomic E-state index is 13.6. The van der Waals surface area contributed by atoms with Gasteiger partial charge >= 0.3 is 5.97 Å². The molecule has 1 saturated carbocycles. The summed E-state index contributed by atoms with van der Waals surface area (Å²) in [7, 11) is 0. The van der Waals surface area contributed by atoms with Crippen LogP contribution in [0.3, 0.4) is 0 Å². The number of carboxylic acids is 1. The molecule has 2 aromatic rings. The Morgan fingerprint density at radius 1 is 1.00 bits per heavy atom. The van der Waals surface area contributed by atoms with Crippen LogP contribution in [0.2, 0.25) is 0 Å². The molecule has 2 saturated heterocycles. The zero-order valence-electron chi connectivity index (χ0n) is 21.1. The highest BCUT2D eigenvalue weighted by Crippen LogP contribution is 2.58. The average Bonchev–Trinajstić information content (AvgIpc) is 3.37. The molecule has 0 spiro atoms. The van der Waals surface area contributed by atoms with E-state index >= 15 is 0 Å². The number of unbranched alkanes of at least 4 members (excludes halogenated alkanes) is 2. The molecule has 5 rings (SSSR count). The number of aliphatic hydroxyl groups is 1. The van der Waals surface area contributed by atoms with Gasteiger partial charge in [0, 0.05) is 30.4 Å². The number of aliphatic carboxylic acids is 1. The first kappa shape index (κ1) is 26.2. The van der Waals surface area contributed by atoms with Gasteiger partial charge in [-0.15, -0.1) is 0 Å². The van der Waals surface area contributed by atoms with Crippen molar-refractivity contribution in [3.05, 3.63) is 60.2 Å². The summed E-state index contributed by atoms with van der Waals surface area (Å²) in [6.07, 6.45) is 1.53. The van der Waals surface area contributed by atoms with Crippen molar-refractivity contribution in [2.45, 2.75) is 50.4 Å². The van der Waals surface area contributed by atoms with Crippen LogP contribution in [0.15, 0.2) is 54.6 Å². The number of likely N-dealkylation sites (tertiary alicyclic amines) is 1. The number of benzene rings is 2. The van der Waals surface area contributed by atoms with Crippen molar-refractivity contribution in [1.82, 2.24) is 4.90 Å². The summed E-state index contributed by atoms with van der Waals surface area (Å²) in [4.78, 5) is 39.1. The molecule has 0 radical (unpaired) electrons. The van der Waals surface area contributed by atoms with Gasteiger partial charge in [0.15, 0.2) is 5.79 Å². The van der Waals surface area contributed by atoms with Crippen LogP contribution in [0.5, 0.6) is 11.5 Å². The number of imide groups is 1. The molecular weight excluding hydrogens is 490 g/mol. The molecule has 1 aliphatic carbocycles. The fourth-order valence-corrected chi connectivity index (χ4v) is 6.35. The molecule has 0 bridgehead atoms. The van der Waals surface area contributed by atoms with Crippen molar-refractivity contribution in [2.75, 3.05) is 13.2 Å². The van der Waals surface area contributed by atoms with E-state index in [1.807, 2.05) is 30.3 Å². The lowest BCUT2D eigenvalue weighted by Gasteiger charge is -2.44. The van der Waals surface area contributed by atoms with Crippen LogP contribution in [0.1, 0.15) is 50.2 Å². The number of hydrogen-bond acceptors (Lipinski definition) is 7. The number of nitrogens with zero attached hydrogens (tertiary/aromatic N) is 1. The first-order chi connectivity index (χ1) is 18.3. The number of amides is 2. The molecule has 3 N–H and O–H groups in total. The number of phenolic OH excluding ortho intramolecular Hbond substituents is 1. The highest BCUT2D eigenvalue weighted by atomic mass is 16.6. The van der Waals surface area contributed by atoms with E-state index in [-0.39, 0.29) is 50.0 Å². The molecule has 38 heavy (non-hydrogen) atoms. The third-order valence-corrected chi connectivity index (χ3v) is 8.21. The molecule has 2 aliphatic heterocycles. The van der Waals surface area contributed by atoms with Gasteiger partial charge in [0.2, 0.25) is 11.8 Å². The van der Waals surface area contributed by atoms with Gasteiger partial charge in [-0.3, -0.25) is 19.3 Å². The molecule has 0 unspecified atom stereocenters. The Labute approximate surface area is 221 Å². The number of ether oxygens (including phenoxy) is 2. The lowest BCUT2D eigenvalue weighted by Crippen LogP contribution is -2.55. The SMILES string of the molecule is O=C(O)CCCCCN1C(=O)[C@H]2[C@H](C[C@H](COc3ccccc3)[C@@]3(O)O[C@H](c4ccccc4O)C[C@@H]23)C1=O. The predicted octanol–water partition coefficient (Wildman–Crippen LogP) is 3.50.